The molecule has 0 aliphatic carbocycles. The lowest BCUT2D eigenvalue weighted by molar-refractivity contribution is -0.385. The monoisotopic (exact) mass is 315 g/mol. The molecule has 0 bridgehead atoms. The van der Waals surface area contributed by atoms with E-state index in [-0.39, 0.29) is 22.4 Å². The standard InChI is InChI=1S/C12H17N3O5S/c1-20-12-7-10(4-5-11(12)15(16)17)21(18,19)14-8-9-3-2-6-13-9/h4-5,7,9,13-14H,2-3,6,8H2,1H3. The van der Waals surface area contributed by atoms with Crippen LogP contribution in [0.3, 0.4) is 0 Å². The second-order valence-electron chi connectivity index (χ2n) is 4.74. The van der Waals surface area contributed by atoms with E-state index in [0.717, 1.165) is 31.5 Å². The number of methoxy groups -OCH3 is 1. The first-order valence-corrected chi connectivity index (χ1v) is 7.98. The van der Waals surface area contributed by atoms with Crippen LogP contribution in [0.4, 0.5) is 5.69 Å². The summed E-state index contributed by atoms with van der Waals surface area (Å²) in [6, 6.07) is 3.61. The van der Waals surface area contributed by atoms with Crippen LogP contribution in [0.1, 0.15) is 12.8 Å². The summed E-state index contributed by atoms with van der Waals surface area (Å²) in [6.45, 7) is 1.18. The molecule has 2 N–H and O–H groups in total. The molecule has 1 fully saturated rings. The Labute approximate surface area is 122 Å². The molecule has 0 saturated carbocycles. The molecular weight excluding hydrogens is 298 g/mol. The summed E-state index contributed by atoms with van der Waals surface area (Å²) in [6.07, 6.45) is 1.95. The lowest BCUT2D eigenvalue weighted by atomic mass is 10.2. The number of sulfonamides is 1. The van der Waals surface area contributed by atoms with Crippen LogP contribution >= 0.6 is 0 Å². The second-order valence-corrected chi connectivity index (χ2v) is 6.50. The van der Waals surface area contributed by atoms with Crippen molar-refractivity contribution in [1.82, 2.24) is 10.0 Å². The summed E-state index contributed by atoms with van der Waals surface area (Å²) >= 11 is 0. The van der Waals surface area contributed by atoms with Gasteiger partial charge >= 0.3 is 5.69 Å². The Morgan fingerprint density at radius 3 is 2.86 bits per heavy atom. The number of hydrogen-bond donors (Lipinski definition) is 2. The van der Waals surface area contributed by atoms with Crippen molar-refractivity contribution in [1.29, 1.82) is 0 Å². The summed E-state index contributed by atoms with van der Waals surface area (Å²) in [5.41, 5.74) is -0.270. The molecule has 8 nitrogen and oxygen atoms in total. The summed E-state index contributed by atoms with van der Waals surface area (Å²) in [5.74, 6) is -0.0816. The van der Waals surface area contributed by atoms with Gasteiger partial charge in [0.25, 0.3) is 0 Å². The van der Waals surface area contributed by atoms with E-state index in [1.54, 1.807) is 0 Å². The third kappa shape index (κ3) is 3.69. The number of benzene rings is 1. The molecule has 1 aliphatic rings. The highest BCUT2D eigenvalue weighted by molar-refractivity contribution is 7.89. The van der Waals surface area contributed by atoms with Gasteiger partial charge in [0.05, 0.1) is 16.9 Å². The van der Waals surface area contributed by atoms with E-state index < -0.39 is 14.9 Å². The molecule has 0 spiro atoms. The van der Waals surface area contributed by atoms with Crippen molar-refractivity contribution in [2.45, 2.75) is 23.8 Å². The minimum Gasteiger partial charge on any atom is -0.490 e. The maximum absolute atomic E-state index is 12.2. The smallest absolute Gasteiger partial charge is 0.310 e. The third-order valence-corrected chi connectivity index (χ3v) is 4.76. The van der Waals surface area contributed by atoms with E-state index in [9.17, 15) is 18.5 Å². The van der Waals surface area contributed by atoms with Crippen molar-refractivity contribution in [2.24, 2.45) is 0 Å². The van der Waals surface area contributed by atoms with Crippen LogP contribution in [0.2, 0.25) is 0 Å². The van der Waals surface area contributed by atoms with Gasteiger partial charge in [-0.15, -0.1) is 0 Å². The molecule has 1 atom stereocenters. The van der Waals surface area contributed by atoms with Crippen molar-refractivity contribution < 1.29 is 18.1 Å². The average Bonchev–Trinajstić information content (AvgIpc) is 2.97. The van der Waals surface area contributed by atoms with E-state index in [4.69, 9.17) is 4.74 Å². The normalized spacial score (nSPS) is 18.6. The molecule has 9 heteroatoms. The molecule has 0 aromatic heterocycles. The molecule has 1 saturated heterocycles. The zero-order valence-electron chi connectivity index (χ0n) is 11.5. The molecule has 0 radical (unpaired) electrons. The Hall–Kier alpha value is -1.71. The zero-order chi connectivity index (χ0) is 15.5. The minimum atomic E-state index is -3.72. The Morgan fingerprint density at radius 1 is 1.52 bits per heavy atom. The number of nitrogens with one attached hydrogen (secondary N) is 2. The van der Waals surface area contributed by atoms with Crippen molar-refractivity contribution >= 4 is 15.7 Å². The lowest BCUT2D eigenvalue weighted by Gasteiger charge is -2.12. The van der Waals surface area contributed by atoms with E-state index in [1.807, 2.05) is 0 Å². The summed E-state index contributed by atoms with van der Waals surface area (Å²) in [4.78, 5) is 10.1. The third-order valence-electron chi connectivity index (χ3n) is 3.34. The first kappa shape index (κ1) is 15.7. The van der Waals surface area contributed by atoms with Gasteiger partial charge in [-0.3, -0.25) is 10.1 Å². The molecule has 0 amide bonds. The van der Waals surface area contributed by atoms with E-state index in [0.29, 0.717) is 6.54 Å². The number of nitro groups is 1. The van der Waals surface area contributed by atoms with Gasteiger partial charge in [0.15, 0.2) is 5.75 Å². The number of nitro benzene ring substituents is 1. The molecule has 21 heavy (non-hydrogen) atoms. The predicted octanol–water partition coefficient (Wildman–Crippen LogP) is 0.634. The van der Waals surface area contributed by atoms with Crippen molar-refractivity contribution in [3.63, 3.8) is 0 Å². The van der Waals surface area contributed by atoms with E-state index >= 15 is 0 Å². The molecule has 1 aliphatic heterocycles. The van der Waals surface area contributed by atoms with Gasteiger partial charge in [-0.2, -0.15) is 0 Å². The van der Waals surface area contributed by atoms with E-state index in [1.165, 1.54) is 13.2 Å². The highest BCUT2D eigenvalue weighted by atomic mass is 32.2. The summed E-state index contributed by atoms with van der Waals surface area (Å²) in [5, 5.41) is 14.0. The maximum Gasteiger partial charge on any atom is 0.310 e. The predicted molar refractivity (Wildman–Crippen MR) is 75.9 cm³/mol. The molecule has 1 unspecified atom stereocenters. The summed E-state index contributed by atoms with van der Waals surface area (Å²) < 4.78 is 31.7. The first-order valence-electron chi connectivity index (χ1n) is 6.49. The van der Waals surface area contributed by atoms with Crippen LogP contribution < -0.4 is 14.8 Å². The van der Waals surface area contributed by atoms with Crippen LogP contribution in [0, 0.1) is 10.1 Å². The zero-order valence-corrected chi connectivity index (χ0v) is 12.4. The number of hydrogen-bond acceptors (Lipinski definition) is 6. The lowest BCUT2D eigenvalue weighted by Crippen LogP contribution is -2.37. The van der Waals surface area contributed by atoms with Crippen LogP contribution in [0.5, 0.6) is 5.75 Å². The maximum atomic E-state index is 12.2. The van der Waals surface area contributed by atoms with Crippen LogP contribution in [-0.4, -0.2) is 39.6 Å². The first-order chi connectivity index (χ1) is 9.94. The molecular formula is C12H17N3O5S. The fraction of sp³-hybridized carbons (Fsp3) is 0.500. The van der Waals surface area contributed by atoms with E-state index in [2.05, 4.69) is 10.0 Å². The minimum absolute atomic E-state index is 0.0528. The number of rotatable bonds is 6. The highest BCUT2D eigenvalue weighted by Gasteiger charge is 2.22. The molecule has 116 valence electrons. The summed E-state index contributed by atoms with van der Waals surface area (Å²) in [7, 11) is -2.46. The van der Waals surface area contributed by atoms with Gasteiger partial charge in [0.2, 0.25) is 10.0 Å². The van der Waals surface area contributed by atoms with Gasteiger partial charge < -0.3 is 10.1 Å². The topological polar surface area (TPSA) is 111 Å². The Bertz CT molecular complexity index is 626. The second kappa shape index (κ2) is 6.37. The highest BCUT2D eigenvalue weighted by Crippen LogP contribution is 2.29. The average molecular weight is 315 g/mol. The largest absolute Gasteiger partial charge is 0.490 e. The number of ether oxygens (including phenoxy) is 1. The van der Waals surface area contributed by atoms with Gasteiger partial charge in [-0.25, -0.2) is 13.1 Å². The van der Waals surface area contributed by atoms with Gasteiger partial charge in [-0.1, -0.05) is 0 Å². The van der Waals surface area contributed by atoms with Crippen molar-refractivity contribution in [3.05, 3.63) is 28.3 Å². The molecule has 1 aromatic carbocycles. The van der Waals surface area contributed by atoms with Crippen LogP contribution in [0.15, 0.2) is 23.1 Å². The molecule has 2 rings (SSSR count). The van der Waals surface area contributed by atoms with Crippen molar-refractivity contribution in [2.75, 3.05) is 20.2 Å². The quantitative estimate of drug-likeness (QED) is 0.588. The fourth-order valence-electron chi connectivity index (χ4n) is 2.20. The van der Waals surface area contributed by atoms with Crippen LogP contribution in [0.25, 0.3) is 0 Å². The fourth-order valence-corrected chi connectivity index (χ4v) is 3.30. The Kier molecular flexibility index (Phi) is 4.76. The van der Waals surface area contributed by atoms with Crippen LogP contribution in [-0.2, 0) is 10.0 Å². The molecule has 1 heterocycles. The Morgan fingerprint density at radius 2 is 2.29 bits per heavy atom. The van der Waals surface area contributed by atoms with Gasteiger partial charge in [0.1, 0.15) is 0 Å². The number of nitrogens with zero attached hydrogens (tertiary/aromatic N) is 1. The Balaban J connectivity index is 2.17. The van der Waals surface area contributed by atoms with Gasteiger partial charge in [-0.05, 0) is 25.5 Å². The van der Waals surface area contributed by atoms with Gasteiger partial charge in [0, 0.05) is 24.7 Å². The SMILES string of the molecule is COc1cc(S(=O)(=O)NCC2CCCN2)ccc1[N+](=O)[O-]. The van der Waals surface area contributed by atoms with Crippen molar-refractivity contribution in [3.8, 4) is 5.75 Å². The molecule has 1 aromatic rings.